The maximum Gasteiger partial charge on any atom is 0.266 e. The van der Waals surface area contributed by atoms with Crippen LogP contribution in [-0.4, -0.2) is 15.9 Å². The van der Waals surface area contributed by atoms with Gasteiger partial charge in [0.2, 0.25) is 0 Å². The SMILES string of the molecule is Cc1cccnc1[C@H](NC(=O)c1c[nH]c(=O)c(Cl)c1)C1CC1. The van der Waals surface area contributed by atoms with Gasteiger partial charge in [0.25, 0.3) is 11.5 Å². The number of nitrogens with zero attached hydrogens (tertiary/aromatic N) is 1. The van der Waals surface area contributed by atoms with Crippen LogP contribution in [-0.2, 0) is 0 Å². The normalized spacial score (nSPS) is 15.4. The number of nitrogens with one attached hydrogen (secondary N) is 2. The van der Waals surface area contributed by atoms with Crippen molar-refractivity contribution in [3.05, 3.63) is 62.8 Å². The number of aromatic nitrogens is 2. The molecule has 6 heteroatoms. The first-order valence-corrected chi connectivity index (χ1v) is 7.54. The molecular weight excluding hydrogens is 302 g/mol. The summed E-state index contributed by atoms with van der Waals surface area (Å²) < 4.78 is 0. The van der Waals surface area contributed by atoms with Crippen molar-refractivity contribution in [3.63, 3.8) is 0 Å². The van der Waals surface area contributed by atoms with Crippen LogP contribution in [0.2, 0.25) is 5.02 Å². The lowest BCUT2D eigenvalue weighted by Crippen LogP contribution is -2.31. The van der Waals surface area contributed by atoms with Gasteiger partial charge in [-0.25, -0.2) is 0 Å². The zero-order chi connectivity index (χ0) is 15.7. The van der Waals surface area contributed by atoms with Crippen molar-refractivity contribution in [1.82, 2.24) is 15.3 Å². The molecule has 0 unspecified atom stereocenters. The second-order valence-corrected chi connectivity index (χ2v) is 5.97. The molecule has 0 spiro atoms. The fourth-order valence-electron chi connectivity index (χ4n) is 2.47. The highest BCUT2D eigenvalue weighted by Gasteiger charge is 2.35. The van der Waals surface area contributed by atoms with Gasteiger partial charge in [0, 0.05) is 12.4 Å². The molecule has 2 N–H and O–H groups in total. The van der Waals surface area contributed by atoms with E-state index in [-0.39, 0.29) is 17.0 Å². The van der Waals surface area contributed by atoms with Gasteiger partial charge in [-0.15, -0.1) is 0 Å². The minimum Gasteiger partial charge on any atom is -0.343 e. The Morgan fingerprint density at radius 2 is 2.27 bits per heavy atom. The number of halogens is 1. The molecule has 22 heavy (non-hydrogen) atoms. The Bertz CT molecular complexity index is 768. The molecule has 2 aromatic rings. The Morgan fingerprint density at radius 3 is 2.91 bits per heavy atom. The summed E-state index contributed by atoms with van der Waals surface area (Å²) in [6, 6.07) is 5.14. The highest BCUT2D eigenvalue weighted by molar-refractivity contribution is 6.30. The first-order valence-electron chi connectivity index (χ1n) is 7.17. The monoisotopic (exact) mass is 317 g/mol. The number of carbonyl (C=O) groups excluding carboxylic acids is 1. The van der Waals surface area contributed by atoms with Crippen LogP contribution in [0.25, 0.3) is 0 Å². The van der Waals surface area contributed by atoms with Crippen molar-refractivity contribution in [3.8, 4) is 0 Å². The molecule has 2 heterocycles. The van der Waals surface area contributed by atoms with E-state index in [2.05, 4.69) is 15.3 Å². The van der Waals surface area contributed by atoms with Crippen LogP contribution in [0.3, 0.4) is 0 Å². The summed E-state index contributed by atoms with van der Waals surface area (Å²) in [7, 11) is 0. The molecule has 1 amide bonds. The van der Waals surface area contributed by atoms with Crippen molar-refractivity contribution >= 4 is 17.5 Å². The standard InChI is InChI=1S/C16H16ClN3O2/c1-9-3-2-6-18-13(9)14(10-4-5-10)20-15(21)11-7-12(17)16(22)19-8-11/h2-3,6-8,10,14H,4-5H2,1H3,(H,19,22)(H,20,21)/t14-/m1/s1. The predicted octanol–water partition coefficient (Wildman–Crippen LogP) is 2.61. The van der Waals surface area contributed by atoms with E-state index in [1.807, 2.05) is 19.1 Å². The Labute approximate surface area is 132 Å². The molecule has 1 aliphatic rings. The van der Waals surface area contributed by atoms with Crippen molar-refractivity contribution in [2.24, 2.45) is 5.92 Å². The lowest BCUT2D eigenvalue weighted by atomic mass is 10.0. The molecule has 3 rings (SSSR count). The van der Waals surface area contributed by atoms with Gasteiger partial charge in [-0.05, 0) is 43.4 Å². The summed E-state index contributed by atoms with van der Waals surface area (Å²) in [5.74, 6) is 0.149. The second kappa shape index (κ2) is 5.93. The molecule has 114 valence electrons. The lowest BCUT2D eigenvalue weighted by Gasteiger charge is -2.19. The smallest absolute Gasteiger partial charge is 0.266 e. The number of hydrogen-bond acceptors (Lipinski definition) is 3. The zero-order valence-electron chi connectivity index (χ0n) is 12.1. The van der Waals surface area contributed by atoms with Gasteiger partial charge in [-0.1, -0.05) is 17.7 Å². The minimum absolute atomic E-state index is 0.00430. The number of rotatable bonds is 4. The topological polar surface area (TPSA) is 74.8 Å². The van der Waals surface area contributed by atoms with Crippen LogP contribution in [0, 0.1) is 12.8 Å². The van der Waals surface area contributed by atoms with E-state index in [1.54, 1.807) is 6.20 Å². The molecule has 5 nitrogen and oxygen atoms in total. The average Bonchev–Trinajstić information content (AvgIpc) is 3.33. The molecule has 0 bridgehead atoms. The third-order valence-corrected chi connectivity index (χ3v) is 4.13. The van der Waals surface area contributed by atoms with E-state index in [1.165, 1.54) is 12.3 Å². The van der Waals surface area contributed by atoms with E-state index in [9.17, 15) is 9.59 Å². The number of aryl methyl sites for hydroxylation is 1. The number of amides is 1. The maximum atomic E-state index is 12.4. The van der Waals surface area contributed by atoms with E-state index in [4.69, 9.17) is 11.6 Å². The van der Waals surface area contributed by atoms with Crippen molar-refractivity contribution in [1.29, 1.82) is 0 Å². The summed E-state index contributed by atoms with van der Waals surface area (Å²) in [4.78, 5) is 30.6. The number of aromatic amines is 1. The van der Waals surface area contributed by atoms with E-state index >= 15 is 0 Å². The summed E-state index contributed by atoms with van der Waals surface area (Å²) in [5, 5.41) is 3.02. The lowest BCUT2D eigenvalue weighted by molar-refractivity contribution is 0.0930. The van der Waals surface area contributed by atoms with Crippen molar-refractivity contribution in [2.45, 2.75) is 25.8 Å². The van der Waals surface area contributed by atoms with E-state index in [0.717, 1.165) is 24.1 Å². The Balaban J connectivity index is 1.85. The number of carbonyl (C=O) groups is 1. The largest absolute Gasteiger partial charge is 0.343 e. The Morgan fingerprint density at radius 1 is 1.50 bits per heavy atom. The maximum absolute atomic E-state index is 12.4. The highest BCUT2D eigenvalue weighted by atomic mass is 35.5. The third-order valence-electron chi connectivity index (χ3n) is 3.84. The third kappa shape index (κ3) is 3.04. The summed E-state index contributed by atoms with van der Waals surface area (Å²) >= 11 is 5.78. The number of hydrogen-bond donors (Lipinski definition) is 2. The van der Waals surface area contributed by atoms with Crippen molar-refractivity contribution < 1.29 is 4.79 Å². The molecule has 2 aromatic heterocycles. The molecule has 0 saturated heterocycles. The zero-order valence-corrected chi connectivity index (χ0v) is 12.9. The van der Waals surface area contributed by atoms with Gasteiger partial charge in [-0.2, -0.15) is 0 Å². The summed E-state index contributed by atoms with van der Waals surface area (Å²) in [6.45, 7) is 1.99. The quantitative estimate of drug-likeness (QED) is 0.910. The highest BCUT2D eigenvalue weighted by Crippen LogP contribution is 2.41. The fraction of sp³-hybridized carbons (Fsp3) is 0.312. The number of H-pyrrole nitrogens is 1. The Hall–Kier alpha value is -2.14. The van der Waals surface area contributed by atoms with E-state index < -0.39 is 5.56 Å². The van der Waals surface area contributed by atoms with Gasteiger partial charge in [0.1, 0.15) is 5.02 Å². The van der Waals surface area contributed by atoms with E-state index in [0.29, 0.717) is 11.5 Å². The molecule has 1 fully saturated rings. The van der Waals surface area contributed by atoms with Crippen LogP contribution in [0.15, 0.2) is 35.4 Å². The first kappa shape index (κ1) is 14.8. The van der Waals surface area contributed by atoms with Gasteiger partial charge in [0.05, 0.1) is 17.3 Å². The average molecular weight is 318 g/mol. The second-order valence-electron chi connectivity index (χ2n) is 5.56. The molecule has 0 aromatic carbocycles. The van der Waals surface area contributed by atoms with Gasteiger partial charge in [-0.3, -0.25) is 14.6 Å². The van der Waals surface area contributed by atoms with Crippen LogP contribution in [0.1, 0.15) is 40.5 Å². The van der Waals surface area contributed by atoms with Crippen LogP contribution < -0.4 is 10.9 Å². The molecule has 1 saturated carbocycles. The first-order chi connectivity index (χ1) is 10.6. The van der Waals surface area contributed by atoms with Gasteiger partial charge < -0.3 is 10.3 Å². The molecule has 1 aliphatic carbocycles. The van der Waals surface area contributed by atoms with Gasteiger partial charge >= 0.3 is 0 Å². The predicted molar refractivity (Wildman–Crippen MR) is 84.0 cm³/mol. The molecule has 1 atom stereocenters. The molecular formula is C16H16ClN3O2. The van der Waals surface area contributed by atoms with Crippen LogP contribution in [0.4, 0.5) is 0 Å². The van der Waals surface area contributed by atoms with Crippen LogP contribution >= 0.6 is 11.6 Å². The summed E-state index contributed by atoms with van der Waals surface area (Å²) in [6.07, 6.45) is 5.26. The van der Waals surface area contributed by atoms with Crippen LogP contribution in [0.5, 0.6) is 0 Å². The molecule has 0 radical (unpaired) electrons. The Kier molecular flexibility index (Phi) is 3.98. The van der Waals surface area contributed by atoms with Crippen molar-refractivity contribution in [2.75, 3.05) is 0 Å². The minimum atomic E-state index is -0.405. The van der Waals surface area contributed by atoms with Gasteiger partial charge in [0.15, 0.2) is 0 Å². The summed E-state index contributed by atoms with van der Waals surface area (Å²) in [5.41, 5.74) is 1.88. The fourth-order valence-corrected chi connectivity index (χ4v) is 2.65. The molecule has 0 aliphatic heterocycles. The number of pyridine rings is 2.